The van der Waals surface area contributed by atoms with Crippen LogP contribution in [0, 0.1) is 0 Å². The van der Waals surface area contributed by atoms with Gasteiger partial charge in [-0.3, -0.25) is 9.59 Å². The molecule has 1 aromatic heterocycles. The fourth-order valence-electron chi connectivity index (χ4n) is 1.22. The molecule has 2 aromatic rings. The maximum Gasteiger partial charge on any atom is 0.259 e. The molecule has 0 aliphatic rings. The maximum atomic E-state index is 11.3. The van der Waals surface area contributed by atoms with E-state index in [4.69, 9.17) is 0 Å². The molecule has 84 valence electrons. The van der Waals surface area contributed by atoms with Crippen LogP contribution >= 0.6 is 0 Å². The number of aldehydes is 1. The summed E-state index contributed by atoms with van der Waals surface area (Å²) in [6.45, 7) is 4.00. The monoisotopic (exact) mass is 220 g/mol. The van der Waals surface area contributed by atoms with Crippen molar-refractivity contribution in [2.75, 3.05) is 0 Å². The van der Waals surface area contributed by atoms with Crippen LogP contribution in [0.2, 0.25) is 0 Å². The number of rotatable bonds is 1. The van der Waals surface area contributed by atoms with Gasteiger partial charge in [0.05, 0.1) is 5.39 Å². The van der Waals surface area contributed by atoms with Crippen LogP contribution in [0.25, 0.3) is 10.9 Å². The number of hydrogen-bond acceptors (Lipinski definition) is 4. The molecular formula is C11H12N2O3. The Balaban J connectivity index is 0.000000606. The average Bonchev–Trinajstić information content (AvgIpc) is 2.33. The van der Waals surface area contributed by atoms with E-state index in [1.807, 2.05) is 13.8 Å². The first kappa shape index (κ1) is 11.9. The first-order valence-electron chi connectivity index (χ1n) is 4.89. The van der Waals surface area contributed by atoms with E-state index < -0.39 is 5.56 Å². The number of carbonyl (C=O) groups excluding carboxylic acids is 1. The molecule has 5 heteroatoms. The van der Waals surface area contributed by atoms with Crippen molar-refractivity contribution >= 4 is 17.2 Å². The van der Waals surface area contributed by atoms with Crippen molar-refractivity contribution in [3.05, 3.63) is 34.4 Å². The van der Waals surface area contributed by atoms with Crippen molar-refractivity contribution in [2.24, 2.45) is 0 Å². The van der Waals surface area contributed by atoms with Crippen LogP contribution in [-0.4, -0.2) is 21.4 Å². The zero-order chi connectivity index (χ0) is 12.1. The molecule has 0 saturated heterocycles. The number of benzene rings is 1. The molecule has 2 rings (SSSR count). The highest BCUT2D eigenvalue weighted by molar-refractivity contribution is 5.85. The topological polar surface area (TPSA) is 83.0 Å². The van der Waals surface area contributed by atoms with Crippen LogP contribution in [0.3, 0.4) is 0 Å². The number of carbonyl (C=O) groups is 1. The highest BCUT2D eigenvalue weighted by atomic mass is 16.3. The van der Waals surface area contributed by atoms with E-state index in [1.165, 1.54) is 18.2 Å². The lowest BCUT2D eigenvalue weighted by Gasteiger charge is -1.98. The van der Waals surface area contributed by atoms with Gasteiger partial charge < -0.3 is 10.1 Å². The van der Waals surface area contributed by atoms with Crippen LogP contribution in [0.4, 0.5) is 0 Å². The Morgan fingerprint density at radius 2 is 2.06 bits per heavy atom. The van der Waals surface area contributed by atoms with E-state index in [1.54, 1.807) is 0 Å². The number of phenols is 1. The highest BCUT2D eigenvalue weighted by Gasteiger charge is 2.05. The Morgan fingerprint density at radius 3 is 2.69 bits per heavy atom. The van der Waals surface area contributed by atoms with Gasteiger partial charge in [-0.2, -0.15) is 0 Å². The van der Waals surface area contributed by atoms with Gasteiger partial charge in [0.25, 0.3) is 5.56 Å². The van der Waals surface area contributed by atoms with E-state index in [2.05, 4.69) is 9.97 Å². The molecule has 0 amide bonds. The van der Waals surface area contributed by atoms with Crippen molar-refractivity contribution in [2.45, 2.75) is 13.8 Å². The Hall–Kier alpha value is -2.17. The van der Waals surface area contributed by atoms with Gasteiger partial charge in [-0.15, -0.1) is 0 Å². The van der Waals surface area contributed by atoms with Gasteiger partial charge in [0.1, 0.15) is 11.3 Å². The number of aromatic nitrogens is 2. The van der Waals surface area contributed by atoms with Gasteiger partial charge in [-0.25, -0.2) is 4.98 Å². The molecule has 0 unspecified atom stereocenters. The summed E-state index contributed by atoms with van der Waals surface area (Å²) in [6, 6.07) is 4.47. The third kappa shape index (κ3) is 2.08. The molecule has 5 nitrogen and oxygen atoms in total. The van der Waals surface area contributed by atoms with E-state index in [-0.39, 0.29) is 22.5 Å². The molecule has 2 N–H and O–H groups in total. The zero-order valence-corrected chi connectivity index (χ0v) is 9.02. The summed E-state index contributed by atoms with van der Waals surface area (Å²) >= 11 is 0. The SMILES string of the molecule is CC.O=Cc1nc2c(O)cccc2c(=O)[nH]1. The smallest absolute Gasteiger partial charge is 0.259 e. The molecule has 1 heterocycles. The Bertz CT molecular complexity index is 561. The van der Waals surface area contributed by atoms with Crippen molar-refractivity contribution < 1.29 is 9.90 Å². The second-order valence-corrected chi connectivity index (χ2v) is 2.74. The van der Waals surface area contributed by atoms with Crippen molar-refractivity contribution in [1.82, 2.24) is 9.97 Å². The van der Waals surface area contributed by atoms with E-state index in [0.717, 1.165) is 0 Å². The maximum absolute atomic E-state index is 11.3. The minimum Gasteiger partial charge on any atom is -0.506 e. The number of nitrogens with one attached hydrogen (secondary N) is 1. The zero-order valence-electron chi connectivity index (χ0n) is 9.02. The van der Waals surface area contributed by atoms with Crippen molar-refractivity contribution in [3.8, 4) is 5.75 Å². The second-order valence-electron chi connectivity index (χ2n) is 2.74. The third-order valence-corrected chi connectivity index (χ3v) is 1.84. The average molecular weight is 220 g/mol. The summed E-state index contributed by atoms with van der Waals surface area (Å²) in [4.78, 5) is 27.8. The lowest BCUT2D eigenvalue weighted by molar-refractivity contribution is 0.111. The number of para-hydroxylation sites is 1. The van der Waals surface area contributed by atoms with Gasteiger partial charge in [-0.05, 0) is 12.1 Å². The van der Waals surface area contributed by atoms with E-state index >= 15 is 0 Å². The summed E-state index contributed by atoms with van der Waals surface area (Å²) < 4.78 is 0. The fraction of sp³-hybridized carbons (Fsp3) is 0.182. The Labute approximate surface area is 91.8 Å². The number of hydrogen-bond donors (Lipinski definition) is 2. The molecule has 0 aliphatic carbocycles. The predicted molar refractivity (Wildman–Crippen MR) is 60.8 cm³/mol. The molecule has 0 aliphatic heterocycles. The van der Waals surface area contributed by atoms with Gasteiger partial charge >= 0.3 is 0 Å². The second kappa shape index (κ2) is 5.06. The molecule has 0 atom stereocenters. The minimum absolute atomic E-state index is 0.0935. The van der Waals surface area contributed by atoms with Gasteiger partial charge in [0.2, 0.25) is 0 Å². The number of H-pyrrole nitrogens is 1. The highest BCUT2D eigenvalue weighted by Crippen LogP contribution is 2.18. The molecule has 0 fully saturated rings. The standard InChI is InChI=1S/C9H6N2O3.C2H6/c12-4-7-10-8-5(9(14)11-7)2-1-3-6(8)13;1-2/h1-4,13H,(H,10,11,14);1-2H3. The Kier molecular flexibility index (Phi) is 3.77. The molecule has 0 saturated carbocycles. The van der Waals surface area contributed by atoms with Gasteiger partial charge in [-0.1, -0.05) is 19.9 Å². The van der Waals surface area contributed by atoms with Crippen LogP contribution in [0.15, 0.2) is 23.0 Å². The van der Waals surface area contributed by atoms with Crippen LogP contribution in [-0.2, 0) is 0 Å². The normalized spacial score (nSPS) is 9.38. The summed E-state index contributed by atoms with van der Waals surface area (Å²) in [5.74, 6) is -0.208. The van der Waals surface area contributed by atoms with Crippen LogP contribution in [0.1, 0.15) is 24.5 Å². The predicted octanol–water partition coefficient (Wildman–Crippen LogP) is 1.47. The molecule has 16 heavy (non-hydrogen) atoms. The fourth-order valence-corrected chi connectivity index (χ4v) is 1.22. The number of phenolic OH excluding ortho intramolecular Hbond substituents is 1. The summed E-state index contributed by atoms with van der Waals surface area (Å²) in [5.41, 5.74) is -0.300. The summed E-state index contributed by atoms with van der Waals surface area (Å²) in [7, 11) is 0. The lowest BCUT2D eigenvalue weighted by atomic mass is 10.2. The first-order chi connectivity index (χ1) is 7.72. The first-order valence-corrected chi connectivity index (χ1v) is 4.89. The third-order valence-electron chi connectivity index (χ3n) is 1.84. The van der Waals surface area contributed by atoms with Crippen LogP contribution < -0.4 is 5.56 Å². The largest absolute Gasteiger partial charge is 0.506 e. The molecule has 0 radical (unpaired) electrons. The summed E-state index contributed by atoms with van der Waals surface area (Å²) in [6.07, 6.45) is 0.424. The van der Waals surface area contributed by atoms with Crippen molar-refractivity contribution in [3.63, 3.8) is 0 Å². The minimum atomic E-state index is -0.437. The number of fused-ring (bicyclic) bond motifs is 1. The molecule has 1 aromatic carbocycles. The molecular weight excluding hydrogens is 208 g/mol. The summed E-state index contributed by atoms with van der Waals surface area (Å²) in [5, 5.41) is 9.64. The molecule has 0 bridgehead atoms. The number of nitrogens with zero attached hydrogens (tertiary/aromatic N) is 1. The van der Waals surface area contributed by atoms with Crippen LogP contribution in [0.5, 0.6) is 5.75 Å². The van der Waals surface area contributed by atoms with Gasteiger partial charge in [0, 0.05) is 0 Å². The van der Waals surface area contributed by atoms with E-state index in [0.29, 0.717) is 6.29 Å². The van der Waals surface area contributed by atoms with Gasteiger partial charge in [0.15, 0.2) is 12.1 Å². The lowest BCUT2D eigenvalue weighted by Crippen LogP contribution is -2.11. The van der Waals surface area contributed by atoms with Crippen molar-refractivity contribution in [1.29, 1.82) is 0 Å². The quantitative estimate of drug-likeness (QED) is 0.713. The number of aromatic amines is 1. The molecule has 0 spiro atoms. The number of aromatic hydroxyl groups is 1. The van der Waals surface area contributed by atoms with E-state index in [9.17, 15) is 14.7 Å². The Morgan fingerprint density at radius 1 is 1.38 bits per heavy atom.